The molecule has 0 radical (unpaired) electrons. The second-order valence-electron chi connectivity index (χ2n) is 4.90. The zero-order chi connectivity index (χ0) is 13.2. The molecular weight excluding hydrogens is 242 g/mol. The molecule has 0 N–H and O–H groups in total. The van der Waals surface area contributed by atoms with Crippen LogP contribution >= 0.6 is 0 Å². The van der Waals surface area contributed by atoms with Gasteiger partial charge in [-0.1, -0.05) is 5.92 Å². The summed E-state index contributed by atoms with van der Waals surface area (Å²) in [6.45, 7) is 1.31. The second kappa shape index (κ2) is 4.85. The summed E-state index contributed by atoms with van der Waals surface area (Å²) >= 11 is 0. The van der Waals surface area contributed by atoms with Crippen LogP contribution in [0.15, 0.2) is 18.2 Å². The van der Waals surface area contributed by atoms with E-state index >= 15 is 0 Å². The van der Waals surface area contributed by atoms with Gasteiger partial charge in [0, 0.05) is 12.1 Å². The molecular formula is C15H15NO3. The van der Waals surface area contributed by atoms with Crippen LogP contribution in [0.3, 0.4) is 0 Å². The Morgan fingerprint density at radius 2 is 2.16 bits per heavy atom. The van der Waals surface area contributed by atoms with Crippen LogP contribution in [-0.2, 0) is 0 Å². The minimum atomic E-state index is -0.0387. The van der Waals surface area contributed by atoms with E-state index in [1.54, 1.807) is 23.1 Å². The monoisotopic (exact) mass is 257 g/mol. The van der Waals surface area contributed by atoms with Crippen LogP contribution < -0.4 is 9.47 Å². The Bertz CT molecular complexity index is 543. The number of benzene rings is 1. The fourth-order valence-electron chi connectivity index (χ4n) is 2.15. The van der Waals surface area contributed by atoms with E-state index in [1.807, 2.05) is 0 Å². The molecule has 1 heterocycles. The molecule has 4 nitrogen and oxygen atoms in total. The van der Waals surface area contributed by atoms with Gasteiger partial charge < -0.3 is 14.4 Å². The van der Waals surface area contributed by atoms with E-state index in [0.29, 0.717) is 29.5 Å². The third-order valence-corrected chi connectivity index (χ3v) is 3.36. The van der Waals surface area contributed by atoms with Gasteiger partial charge in [0.1, 0.15) is 0 Å². The maximum atomic E-state index is 12.4. The van der Waals surface area contributed by atoms with Crippen molar-refractivity contribution in [3.8, 4) is 23.8 Å². The number of hydrogen-bond donors (Lipinski definition) is 0. The highest BCUT2D eigenvalue weighted by atomic mass is 16.7. The minimum absolute atomic E-state index is 0.0387. The molecule has 4 heteroatoms. The number of fused-ring (bicyclic) bond motifs is 1. The number of amides is 1. The van der Waals surface area contributed by atoms with Gasteiger partial charge in [-0.05, 0) is 37.0 Å². The number of carbonyl (C=O) groups is 1. The zero-order valence-corrected chi connectivity index (χ0v) is 10.6. The molecule has 0 saturated heterocycles. The second-order valence-corrected chi connectivity index (χ2v) is 4.90. The molecule has 1 aromatic rings. The lowest BCUT2D eigenvalue weighted by atomic mass is 10.1. The largest absolute Gasteiger partial charge is 0.454 e. The Kier molecular flexibility index (Phi) is 3.04. The average Bonchev–Trinajstić information content (AvgIpc) is 3.11. The van der Waals surface area contributed by atoms with Gasteiger partial charge >= 0.3 is 0 Å². The van der Waals surface area contributed by atoms with Crippen molar-refractivity contribution in [2.24, 2.45) is 5.92 Å². The van der Waals surface area contributed by atoms with Gasteiger partial charge in [0.25, 0.3) is 5.91 Å². The van der Waals surface area contributed by atoms with Crippen LogP contribution in [0.5, 0.6) is 11.5 Å². The summed E-state index contributed by atoms with van der Waals surface area (Å²) in [7, 11) is 0. The summed E-state index contributed by atoms with van der Waals surface area (Å²) in [4.78, 5) is 14.2. The third kappa shape index (κ3) is 2.50. The van der Waals surface area contributed by atoms with Crippen LogP contribution in [0.1, 0.15) is 23.2 Å². The average molecular weight is 257 g/mol. The smallest absolute Gasteiger partial charge is 0.254 e. The van der Waals surface area contributed by atoms with Gasteiger partial charge in [-0.3, -0.25) is 4.79 Å². The highest BCUT2D eigenvalue weighted by Gasteiger charge is 2.27. The first-order chi connectivity index (χ1) is 9.28. The summed E-state index contributed by atoms with van der Waals surface area (Å²) < 4.78 is 10.5. The zero-order valence-electron chi connectivity index (χ0n) is 10.6. The van der Waals surface area contributed by atoms with Gasteiger partial charge in [-0.2, -0.15) is 0 Å². The maximum absolute atomic E-state index is 12.4. The van der Waals surface area contributed by atoms with Crippen molar-refractivity contribution in [1.82, 2.24) is 4.90 Å². The summed E-state index contributed by atoms with van der Waals surface area (Å²) in [5.74, 6) is 4.44. The number of terminal acetylenes is 1. The Labute approximate surface area is 112 Å². The van der Waals surface area contributed by atoms with Gasteiger partial charge in [0.05, 0.1) is 6.54 Å². The highest BCUT2D eigenvalue weighted by Crippen LogP contribution is 2.33. The van der Waals surface area contributed by atoms with E-state index in [0.717, 1.165) is 6.54 Å². The van der Waals surface area contributed by atoms with Crippen LogP contribution in [-0.4, -0.2) is 30.7 Å². The Balaban J connectivity index is 1.78. The van der Waals surface area contributed by atoms with E-state index in [4.69, 9.17) is 15.9 Å². The van der Waals surface area contributed by atoms with Crippen molar-refractivity contribution in [2.45, 2.75) is 12.8 Å². The fourth-order valence-corrected chi connectivity index (χ4v) is 2.15. The lowest BCUT2D eigenvalue weighted by Gasteiger charge is -2.20. The first kappa shape index (κ1) is 11.9. The lowest BCUT2D eigenvalue weighted by Crippen LogP contribution is -2.33. The minimum Gasteiger partial charge on any atom is -0.454 e. The maximum Gasteiger partial charge on any atom is 0.254 e. The van der Waals surface area contributed by atoms with Crippen molar-refractivity contribution in [2.75, 3.05) is 19.9 Å². The van der Waals surface area contributed by atoms with Crippen LogP contribution in [0.4, 0.5) is 0 Å². The highest BCUT2D eigenvalue weighted by molar-refractivity contribution is 5.95. The van der Waals surface area contributed by atoms with E-state index in [2.05, 4.69) is 5.92 Å². The molecule has 1 aromatic carbocycles. The Hall–Kier alpha value is -2.15. The van der Waals surface area contributed by atoms with E-state index in [9.17, 15) is 4.79 Å². The van der Waals surface area contributed by atoms with Crippen molar-refractivity contribution < 1.29 is 14.3 Å². The normalized spacial score (nSPS) is 15.9. The van der Waals surface area contributed by atoms with Crippen molar-refractivity contribution >= 4 is 5.91 Å². The molecule has 19 heavy (non-hydrogen) atoms. The molecule has 1 saturated carbocycles. The van der Waals surface area contributed by atoms with Crippen LogP contribution in [0.2, 0.25) is 0 Å². The molecule has 1 fully saturated rings. The molecule has 0 bridgehead atoms. The fraction of sp³-hybridized carbons (Fsp3) is 0.400. The summed E-state index contributed by atoms with van der Waals surface area (Å²) in [6.07, 6.45) is 7.72. The first-order valence-corrected chi connectivity index (χ1v) is 6.40. The Morgan fingerprint density at radius 1 is 1.37 bits per heavy atom. The van der Waals surface area contributed by atoms with E-state index < -0.39 is 0 Å². The van der Waals surface area contributed by atoms with Gasteiger partial charge in [0.15, 0.2) is 11.5 Å². The van der Waals surface area contributed by atoms with Crippen molar-refractivity contribution in [3.05, 3.63) is 23.8 Å². The van der Waals surface area contributed by atoms with Gasteiger partial charge in [0.2, 0.25) is 6.79 Å². The Morgan fingerprint density at radius 3 is 2.89 bits per heavy atom. The lowest BCUT2D eigenvalue weighted by molar-refractivity contribution is 0.0769. The number of ether oxygens (including phenoxy) is 2. The van der Waals surface area contributed by atoms with Gasteiger partial charge in [-0.25, -0.2) is 0 Å². The quantitative estimate of drug-likeness (QED) is 0.773. The molecule has 1 amide bonds. The number of nitrogens with zero attached hydrogens (tertiary/aromatic N) is 1. The number of carbonyl (C=O) groups excluding carboxylic acids is 1. The topological polar surface area (TPSA) is 38.8 Å². The van der Waals surface area contributed by atoms with Gasteiger partial charge in [-0.15, -0.1) is 6.42 Å². The summed E-state index contributed by atoms with van der Waals surface area (Å²) in [5.41, 5.74) is 0.597. The molecule has 0 aromatic heterocycles. The predicted molar refractivity (Wildman–Crippen MR) is 70.0 cm³/mol. The number of hydrogen-bond acceptors (Lipinski definition) is 3. The van der Waals surface area contributed by atoms with Crippen LogP contribution in [0, 0.1) is 18.3 Å². The predicted octanol–water partition coefficient (Wildman–Crippen LogP) is 1.90. The summed E-state index contributed by atoms with van der Waals surface area (Å²) in [5, 5.41) is 0. The summed E-state index contributed by atoms with van der Waals surface area (Å²) in [6, 6.07) is 5.24. The molecule has 1 aliphatic carbocycles. The first-order valence-electron chi connectivity index (χ1n) is 6.40. The molecule has 0 unspecified atom stereocenters. The van der Waals surface area contributed by atoms with E-state index in [-0.39, 0.29) is 12.7 Å². The number of rotatable bonds is 4. The molecule has 0 atom stereocenters. The van der Waals surface area contributed by atoms with Crippen molar-refractivity contribution in [3.63, 3.8) is 0 Å². The molecule has 3 rings (SSSR count). The van der Waals surface area contributed by atoms with Crippen LogP contribution in [0.25, 0.3) is 0 Å². The van der Waals surface area contributed by atoms with E-state index in [1.165, 1.54) is 12.8 Å². The SMILES string of the molecule is C#CCN(CC1CC1)C(=O)c1ccc2c(c1)OCO2. The standard InChI is InChI=1S/C15H15NO3/c1-2-7-16(9-11-3-4-11)15(17)12-5-6-13-14(8-12)19-10-18-13/h1,5-6,8,11H,3-4,7,9-10H2. The third-order valence-electron chi connectivity index (χ3n) is 3.36. The molecule has 0 spiro atoms. The molecule has 2 aliphatic rings. The van der Waals surface area contributed by atoms with Crippen molar-refractivity contribution in [1.29, 1.82) is 0 Å². The molecule has 98 valence electrons. The molecule has 1 aliphatic heterocycles.